The summed E-state index contributed by atoms with van der Waals surface area (Å²) in [5, 5.41) is 17.3. The molecule has 3 fully saturated rings. The van der Waals surface area contributed by atoms with Gasteiger partial charge < -0.3 is 5.32 Å². The van der Waals surface area contributed by atoms with Gasteiger partial charge in [0.15, 0.2) is 0 Å². The van der Waals surface area contributed by atoms with Crippen molar-refractivity contribution in [2.45, 2.75) is 62.0 Å². The van der Waals surface area contributed by atoms with Crippen LogP contribution in [0.15, 0.2) is 71.6 Å². The third-order valence-electron chi connectivity index (χ3n) is 11.0. The third-order valence-corrected chi connectivity index (χ3v) is 12.3. The van der Waals surface area contributed by atoms with Gasteiger partial charge in [-0.25, -0.2) is 13.1 Å². The van der Waals surface area contributed by atoms with Crippen molar-refractivity contribution in [2.75, 3.05) is 38.0 Å². The van der Waals surface area contributed by atoms with Crippen LogP contribution in [0.1, 0.15) is 75.2 Å². The first kappa shape index (κ1) is 37.8. The van der Waals surface area contributed by atoms with Crippen molar-refractivity contribution in [3.63, 3.8) is 0 Å². The predicted molar refractivity (Wildman–Crippen MR) is 198 cm³/mol. The molecule has 55 heavy (non-hydrogen) atoms. The van der Waals surface area contributed by atoms with Gasteiger partial charge in [-0.1, -0.05) is 24.3 Å². The normalized spacial score (nSPS) is 22.3. The maximum Gasteiger partial charge on any atom is 0.293 e. The van der Waals surface area contributed by atoms with Crippen LogP contribution in [0.25, 0.3) is 0 Å². The Hall–Kier alpha value is -5.52. The number of hydrogen-bond donors (Lipinski definition) is 3. The van der Waals surface area contributed by atoms with E-state index in [4.69, 9.17) is 0 Å². The van der Waals surface area contributed by atoms with Gasteiger partial charge in [0.25, 0.3) is 33.4 Å². The Morgan fingerprint density at radius 2 is 1.56 bits per heavy atom. The van der Waals surface area contributed by atoms with Crippen molar-refractivity contribution in [1.82, 2.24) is 24.7 Å². The number of fused-ring (bicyclic) bond motifs is 1. The lowest BCUT2D eigenvalue weighted by atomic mass is 9.85. The van der Waals surface area contributed by atoms with E-state index in [1.165, 1.54) is 24.3 Å². The monoisotopic (exact) mass is 771 g/mol. The fourth-order valence-electron chi connectivity index (χ4n) is 7.94. The Morgan fingerprint density at radius 1 is 0.855 bits per heavy atom. The largest absolute Gasteiger partial charge is 0.379 e. The van der Waals surface area contributed by atoms with Gasteiger partial charge >= 0.3 is 0 Å². The molecule has 0 bridgehead atoms. The van der Waals surface area contributed by atoms with E-state index in [1.54, 1.807) is 30.3 Å². The summed E-state index contributed by atoms with van der Waals surface area (Å²) >= 11 is 0. The number of piperazine rings is 1. The van der Waals surface area contributed by atoms with Crippen molar-refractivity contribution in [1.29, 1.82) is 0 Å². The van der Waals surface area contributed by atoms with E-state index in [-0.39, 0.29) is 46.0 Å². The molecule has 3 aromatic rings. The average Bonchev–Trinajstić information content (AvgIpc) is 3.42. The first-order valence-corrected chi connectivity index (χ1v) is 19.8. The number of nitrogens with zero attached hydrogens (tertiary/aromatic N) is 4. The van der Waals surface area contributed by atoms with Gasteiger partial charge in [-0.15, -0.1) is 0 Å². The minimum atomic E-state index is -4.35. The molecule has 3 aliphatic heterocycles. The molecule has 1 aliphatic carbocycles. The number of hydrogen-bond acceptors (Lipinski definition) is 12. The number of nitro benzene ring substituents is 1. The molecule has 1 unspecified atom stereocenters. The van der Waals surface area contributed by atoms with E-state index < -0.39 is 56.2 Å². The summed E-state index contributed by atoms with van der Waals surface area (Å²) in [5.74, 6) is -2.63. The number of sulfonamides is 1. The molecular formula is C38H41N7O9S. The van der Waals surface area contributed by atoms with Gasteiger partial charge in [-0.05, 0) is 80.0 Å². The Labute approximate surface area is 317 Å². The number of imide groups is 2. The molecule has 3 N–H and O–H groups in total. The molecule has 7 rings (SSSR count). The van der Waals surface area contributed by atoms with Crippen molar-refractivity contribution in [2.24, 2.45) is 5.92 Å². The number of carbonyl (C=O) groups excluding carboxylic acids is 5. The molecular weight excluding hydrogens is 731 g/mol. The van der Waals surface area contributed by atoms with E-state index in [2.05, 4.69) is 20.4 Å². The molecule has 0 spiro atoms. The first-order valence-electron chi connectivity index (χ1n) is 18.3. The summed E-state index contributed by atoms with van der Waals surface area (Å²) in [7, 11) is -4.35. The summed E-state index contributed by atoms with van der Waals surface area (Å²) in [6.45, 7) is 4.54. The minimum Gasteiger partial charge on any atom is -0.379 e. The zero-order valence-corrected chi connectivity index (χ0v) is 30.8. The second-order valence-corrected chi connectivity index (χ2v) is 16.1. The Bertz CT molecular complexity index is 2150. The summed E-state index contributed by atoms with van der Waals surface area (Å²) in [6, 6.07) is 16.0. The number of carbonyl (C=O) groups is 5. The molecule has 0 aromatic heterocycles. The Kier molecular flexibility index (Phi) is 10.8. The van der Waals surface area contributed by atoms with Crippen LogP contribution in [0.4, 0.5) is 11.4 Å². The standard InChI is InChI=1S/C38H41N7O9S/c46-34-15-14-32(36(48)40-34)44-37(49)29-12-8-25(20-30(29)38(44)50)23-42-16-18-43(19-17-42)27-9-6-24(7-10-27)22-39-31-13-11-28(21-33(31)45(51)52)55(53,54)41-35(47)26-4-2-1-3-5-26/h1-5,8,11-13,20-21,24,27,32,39H,6-7,9-10,14-19,22-23H2,(H,41,47)(H,40,46,48)/t24-,27-,32?. The zero-order valence-electron chi connectivity index (χ0n) is 29.9. The number of nitrogens with one attached hydrogen (secondary N) is 3. The second-order valence-electron chi connectivity index (χ2n) is 14.4. The summed E-state index contributed by atoms with van der Waals surface area (Å²) < 4.78 is 27.7. The highest BCUT2D eigenvalue weighted by molar-refractivity contribution is 7.90. The first-order chi connectivity index (χ1) is 26.4. The molecule has 16 nitrogen and oxygen atoms in total. The van der Waals surface area contributed by atoms with Gasteiger partial charge in [0.1, 0.15) is 11.7 Å². The fourth-order valence-corrected chi connectivity index (χ4v) is 8.93. The highest BCUT2D eigenvalue weighted by Crippen LogP contribution is 2.33. The lowest BCUT2D eigenvalue weighted by Gasteiger charge is -2.42. The molecule has 3 aromatic carbocycles. The van der Waals surface area contributed by atoms with Crippen molar-refractivity contribution in [3.05, 3.63) is 99.1 Å². The number of benzene rings is 3. The van der Waals surface area contributed by atoms with Crippen molar-refractivity contribution >= 4 is 50.9 Å². The third kappa shape index (κ3) is 8.13. The van der Waals surface area contributed by atoms with Crippen LogP contribution in [-0.4, -0.2) is 102 Å². The Balaban J connectivity index is 0.872. The van der Waals surface area contributed by atoms with Gasteiger partial charge in [-0.3, -0.25) is 54.1 Å². The maximum absolute atomic E-state index is 13.2. The van der Waals surface area contributed by atoms with E-state index in [0.717, 1.165) is 68.4 Å². The van der Waals surface area contributed by atoms with Crippen LogP contribution in [0, 0.1) is 16.0 Å². The van der Waals surface area contributed by atoms with E-state index in [0.29, 0.717) is 19.1 Å². The molecule has 1 atom stereocenters. The quantitative estimate of drug-likeness (QED) is 0.146. The molecule has 288 valence electrons. The molecule has 4 aliphatic rings. The smallest absolute Gasteiger partial charge is 0.293 e. The molecule has 3 heterocycles. The highest BCUT2D eigenvalue weighted by Gasteiger charge is 2.44. The van der Waals surface area contributed by atoms with Crippen molar-refractivity contribution in [3.8, 4) is 0 Å². The fraction of sp³-hybridized carbons (Fsp3) is 0.395. The minimum absolute atomic E-state index is 0.0693. The average molecular weight is 772 g/mol. The van der Waals surface area contributed by atoms with E-state index in [9.17, 15) is 42.5 Å². The summed E-state index contributed by atoms with van der Waals surface area (Å²) in [6.07, 6.45) is 4.01. The van der Waals surface area contributed by atoms with Crippen molar-refractivity contribution < 1.29 is 37.3 Å². The van der Waals surface area contributed by atoms with Gasteiger partial charge in [-0.2, -0.15) is 0 Å². The van der Waals surface area contributed by atoms with Crippen LogP contribution in [-0.2, 0) is 26.2 Å². The summed E-state index contributed by atoms with van der Waals surface area (Å²) in [4.78, 5) is 79.4. The summed E-state index contributed by atoms with van der Waals surface area (Å²) in [5.41, 5.74) is 1.41. The zero-order chi connectivity index (χ0) is 38.9. The lowest BCUT2D eigenvalue weighted by Crippen LogP contribution is -2.54. The van der Waals surface area contributed by atoms with Gasteiger partial charge in [0, 0.05) is 63.4 Å². The second kappa shape index (κ2) is 15.7. The number of anilines is 1. The molecule has 0 radical (unpaired) electrons. The van der Waals surface area contributed by atoms with Crippen LogP contribution in [0.3, 0.4) is 0 Å². The topological polar surface area (TPSA) is 208 Å². The van der Waals surface area contributed by atoms with Gasteiger partial charge in [0.05, 0.1) is 20.9 Å². The maximum atomic E-state index is 13.2. The van der Waals surface area contributed by atoms with Crippen LogP contribution in [0.5, 0.6) is 0 Å². The van der Waals surface area contributed by atoms with Gasteiger partial charge in [0.2, 0.25) is 11.8 Å². The molecule has 2 saturated heterocycles. The SMILES string of the molecule is O=C1CCC(N2C(=O)c3ccc(CN4CCN([C@H]5CC[C@H](CNc6ccc(S(=O)(=O)NC(=O)c7ccccc7)cc6[N+](=O)[O-])CC5)CC4)cc3C2=O)C(=O)N1. The number of rotatable bonds is 11. The van der Waals surface area contributed by atoms with Crippen LogP contribution >= 0.6 is 0 Å². The van der Waals surface area contributed by atoms with E-state index >= 15 is 0 Å². The molecule has 1 saturated carbocycles. The lowest BCUT2D eigenvalue weighted by molar-refractivity contribution is -0.384. The predicted octanol–water partition coefficient (Wildman–Crippen LogP) is 2.90. The Morgan fingerprint density at radius 3 is 2.25 bits per heavy atom. The van der Waals surface area contributed by atoms with Crippen LogP contribution < -0.4 is 15.4 Å². The molecule has 5 amide bonds. The number of amides is 5. The number of piperidine rings is 1. The van der Waals surface area contributed by atoms with E-state index in [1.807, 2.05) is 10.8 Å². The van der Waals surface area contributed by atoms with Crippen LogP contribution in [0.2, 0.25) is 0 Å². The number of nitro groups is 1. The highest BCUT2D eigenvalue weighted by atomic mass is 32.2. The molecule has 17 heteroatoms.